The molecule has 1 aromatic carbocycles. The monoisotopic (exact) mass is 467 g/mol. The zero-order chi connectivity index (χ0) is 23.0. The molecule has 166 valence electrons. The standard InChI is InChI=1S/C19H14ClF4N7O/c1-10-14(21)3-2-4-15(10)30-16(19(22,23)24)12(9-28-30)18(32)29-11-7-13(20)17(25-8-11)31-26-5-6-27-31/h2-7,9,25H,8H2,1H3,(H,29,32). The number of aromatic nitrogens is 5. The van der Waals surface area contributed by atoms with Crippen LogP contribution in [0.2, 0.25) is 0 Å². The summed E-state index contributed by atoms with van der Waals surface area (Å²) >= 11 is 6.18. The van der Waals surface area contributed by atoms with Gasteiger partial charge in [0.2, 0.25) is 0 Å². The van der Waals surface area contributed by atoms with Gasteiger partial charge in [0, 0.05) is 11.3 Å². The fraction of sp³-hybridized carbons (Fsp3) is 0.158. The van der Waals surface area contributed by atoms with Gasteiger partial charge in [0.05, 0.1) is 41.4 Å². The topological polar surface area (TPSA) is 89.7 Å². The second-order valence-corrected chi connectivity index (χ2v) is 7.10. The fourth-order valence-corrected chi connectivity index (χ4v) is 3.40. The molecule has 1 aliphatic heterocycles. The van der Waals surface area contributed by atoms with Crippen molar-refractivity contribution in [3.63, 3.8) is 0 Å². The van der Waals surface area contributed by atoms with Crippen molar-refractivity contribution in [1.29, 1.82) is 0 Å². The van der Waals surface area contributed by atoms with Gasteiger partial charge in [-0.25, -0.2) is 9.07 Å². The molecule has 0 fully saturated rings. The second kappa shape index (κ2) is 8.11. The predicted octanol–water partition coefficient (Wildman–Crippen LogP) is 3.21. The number of nitrogens with one attached hydrogen (secondary N) is 2. The van der Waals surface area contributed by atoms with Crippen molar-refractivity contribution in [2.75, 3.05) is 6.54 Å². The number of rotatable bonds is 4. The summed E-state index contributed by atoms with van der Waals surface area (Å²) in [5.41, 5.74) is -1.99. The normalized spacial score (nSPS) is 14.2. The van der Waals surface area contributed by atoms with Crippen LogP contribution in [0.5, 0.6) is 0 Å². The van der Waals surface area contributed by atoms with Crippen LogP contribution >= 0.6 is 11.6 Å². The van der Waals surface area contributed by atoms with E-state index in [4.69, 9.17) is 11.6 Å². The molecule has 0 radical (unpaired) electrons. The lowest BCUT2D eigenvalue weighted by Gasteiger charge is -2.19. The Morgan fingerprint density at radius 3 is 2.59 bits per heavy atom. The number of hydrogen-bond acceptors (Lipinski definition) is 5. The van der Waals surface area contributed by atoms with Crippen molar-refractivity contribution in [2.45, 2.75) is 13.1 Å². The lowest BCUT2D eigenvalue weighted by molar-refractivity contribution is -0.143. The van der Waals surface area contributed by atoms with Crippen molar-refractivity contribution < 1.29 is 22.4 Å². The average molecular weight is 468 g/mol. The zero-order valence-corrected chi connectivity index (χ0v) is 17.0. The van der Waals surface area contributed by atoms with Gasteiger partial charge in [-0.2, -0.15) is 28.5 Å². The third-order valence-electron chi connectivity index (χ3n) is 4.62. The number of dihydropyridines is 1. The number of amides is 1. The molecule has 3 heterocycles. The summed E-state index contributed by atoms with van der Waals surface area (Å²) in [6.45, 7) is 1.38. The van der Waals surface area contributed by atoms with Gasteiger partial charge in [0.15, 0.2) is 11.5 Å². The van der Waals surface area contributed by atoms with E-state index in [-0.39, 0.29) is 28.5 Å². The van der Waals surface area contributed by atoms with Crippen molar-refractivity contribution >= 4 is 23.3 Å². The van der Waals surface area contributed by atoms with Crippen LogP contribution in [-0.4, -0.2) is 37.2 Å². The molecule has 0 atom stereocenters. The first kappa shape index (κ1) is 21.6. The van der Waals surface area contributed by atoms with E-state index in [2.05, 4.69) is 25.9 Å². The van der Waals surface area contributed by atoms with Crippen LogP contribution in [0.1, 0.15) is 21.6 Å². The largest absolute Gasteiger partial charge is 0.434 e. The summed E-state index contributed by atoms with van der Waals surface area (Å²) in [6, 6.07) is 3.67. The summed E-state index contributed by atoms with van der Waals surface area (Å²) < 4.78 is 56.0. The number of halogens is 5. The van der Waals surface area contributed by atoms with E-state index in [1.807, 2.05) is 0 Å². The van der Waals surface area contributed by atoms with E-state index in [0.29, 0.717) is 10.5 Å². The average Bonchev–Trinajstić information content (AvgIpc) is 3.40. The Morgan fingerprint density at radius 1 is 1.22 bits per heavy atom. The van der Waals surface area contributed by atoms with E-state index in [9.17, 15) is 22.4 Å². The van der Waals surface area contributed by atoms with Gasteiger partial charge in [-0.3, -0.25) is 4.79 Å². The maximum atomic E-state index is 13.9. The molecule has 0 spiro atoms. The highest BCUT2D eigenvalue weighted by atomic mass is 35.5. The minimum Gasteiger partial charge on any atom is -0.362 e. The Labute approximate surface area is 183 Å². The minimum atomic E-state index is -4.93. The summed E-state index contributed by atoms with van der Waals surface area (Å²) in [5, 5.41) is 17.0. The van der Waals surface area contributed by atoms with Crippen LogP contribution in [-0.2, 0) is 6.18 Å². The zero-order valence-electron chi connectivity index (χ0n) is 16.3. The molecule has 32 heavy (non-hydrogen) atoms. The highest BCUT2D eigenvalue weighted by Crippen LogP contribution is 2.34. The van der Waals surface area contributed by atoms with Crippen molar-refractivity contribution in [1.82, 2.24) is 35.4 Å². The number of benzene rings is 1. The summed E-state index contributed by atoms with van der Waals surface area (Å²) in [4.78, 5) is 13.9. The lowest BCUT2D eigenvalue weighted by atomic mass is 10.1. The van der Waals surface area contributed by atoms with Gasteiger partial charge in [0.1, 0.15) is 5.82 Å². The van der Waals surface area contributed by atoms with Crippen molar-refractivity contribution in [2.24, 2.45) is 0 Å². The van der Waals surface area contributed by atoms with E-state index >= 15 is 0 Å². The molecule has 3 aromatic rings. The van der Waals surface area contributed by atoms with E-state index in [1.54, 1.807) is 0 Å². The molecule has 1 amide bonds. The minimum absolute atomic E-state index is 0.0380. The molecule has 0 bridgehead atoms. The predicted molar refractivity (Wildman–Crippen MR) is 106 cm³/mol. The number of allylic oxidation sites excluding steroid dienone is 2. The van der Waals surface area contributed by atoms with E-state index in [1.165, 1.54) is 42.3 Å². The van der Waals surface area contributed by atoms with Crippen LogP contribution in [0.25, 0.3) is 11.5 Å². The molecular formula is C19H14ClF4N7O. The molecule has 0 saturated heterocycles. The van der Waals surface area contributed by atoms with Crippen LogP contribution < -0.4 is 10.6 Å². The van der Waals surface area contributed by atoms with Crippen LogP contribution in [0.3, 0.4) is 0 Å². The first-order valence-electron chi connectivity index (χ1n) is 9.09. The van der Waals surface area contributed by atoms with Gasteiger partial charge < -0.3 is 10.6 Å². The quantitative estimate of drug-likeness (QED) is 0.575. The molecule has 13 heteroatoms. The number of alkyl halides is 3. The van der Waals surface area contributed by atoms with Gasteiger partial charge in [-0.05, 0) is 25.1 Å². The van der Waals surface area contributed by atoms with Gasteiger partial charge in [-0.15, -0.1) is 4.80 Å². The van der Waals surface area contributed by atoms with Gasteiger partial charge >= 0.3 is 6.18 Å². The second-order valence-electron chi connectivity index (χ2n) is 6.69. The van der Waals surface area contributed by atoms with Crippen molar-refractivity contribution in [3.8, 4) is 5.69 Å². The van der Waals surface area contributed by atoms with Crippen LogP contribution in [0.4, 0.5) is 17.6 Å². The van der Waals surface area contributed by atoms with Crippen LogP contribution in [0, 0.1) is 12.7 Å². The highest BCUT2D eigenvalue weighted by Gasteiger charge is 2.41. The summed E-state index contributed by atoms with van der Waals surface area (Å²) in [5.74, 6) is -1.39. The highest BCUT2D eigenvalue weighted by molar-refractivity contribution is 6.33. The molecule has 1 aliphatic rings. The molecule has 8 nitrogen and oxygen atoms in total. The molecule has 4 rings (SSSR count). The SMILES string of the molecule is Cc1c(F)cccc1-n1ncc(C(=O)NC2=CC(Cl)=C(n3nccn3)NC2)c1C(F)(F)F. The maximum absolute atomic E-state index is 13.9. The Kier molecular flexibility index (Phi) is 5.46. The molecule has 2 N–H and O–H groups in total. The van der Waals surface area contributed by atoms with Gasteiger partial charge in [0.25, 0.3) is 5.91 Å². The maximum Gasteiger partial charge on any atom is 0.434 e. The Balaban J connectivity index is 1.67. The van der Waals surface area contributed by atoms with E-state index in [0.717, 1.165) is 12.3 Å². The first-order chi connectivity index (χ1) is 15.2. The van der Waals surface area contributed by atoms with Crippen molar-refractivity contribution in [3.05, 3.63) is 76.2 Å². The third-order valence-corrected chi connectivity index (χ3v) is 4.90. The van der Waals surface area contributed by atoms with Gasteiger partial charge in [-0.1, -0.05) is 17.7 Å². The summed E-state index contributed by atoms with van der Waals surface area (Å²) in [7, 11) is 0. The number of carbonyl (C=O) groups excluding carboxylic acids is 1. The third kappa shape index (κ3) is 3.96. The smallest absolute Gasteiger partial charge is 0.362 e. The fourth-order valence-electron chi connectivity index (χ4n) is 3.12. The number of hydrogen-bond donors (Lipinski definition) is 2. The Morgan fingerprint density at radius 2 is 1.94 bits per heavy atom. The van der Waals surface area contributed by atoms with E-state index < -0.39 is 29.2 Å². The lowest BCUT2D eigenvalue weighted by Crippen LogP contribution is -2.34. The molecule has 0 unspecified atom stereocenters. The molecule has 0 saturated carbocycles. The molecule has 0 aliphatic carbocycles. The van der Waals surface area contributed by atoms with Crippen LogP contribution in [0.15, 0.2) is 53.6 Å². The molecule has 2 aromatic heterocycles. The Bertz CT molecular complexity index is 1250. The molecular weight excluding hydrogens is 454 g/mol. The number of carbonyl (C=O) groups is 1. The Hall–Kier alpha value is -3.67. The summed E-state index contributed by atoms with van der Waals surface area (Å²) in [6.07, 6.45) is 0.115. The number of nitrogens with zero attached hydrogens (tertiary/aromatic N) is 5. The first-order valence-corrected chi connectivity index (χ1v) is 9.47.